The van der Waals surface area contributed by atoms with Gasteiger partial charge >= 0.3 is 5.97 Å². The number of rotatable bonds is 13. The molecule has 1 amide bonds. The third-order valence-electron chi connectivity index (χ3n) is 4.74. The molecule has 0 saturated carbocycles. The summed E-state index contributed by atoms with van der Waals surface area (Å²) < 4.78 is 0. The van der Waals surface area contributed by atoms with Crippen molar-refractivity contribution in [2.45, 2.75) is 44.4 Å². The predicted octanol–water partition coefficient (Wildman–Crippen LogP) is 3.04. The molecule has 0 fully saturated rings. The second-order valence-electron chi connectivity index (χ2n) is 7.19. The zero-order chi connectivity index (χ0) is 22.6. The van der Waals surface area contributed by atoms with Crippen molar-refractivity contribution in [3.63, 3.8) is 0 Å². The summed E-state index contributed by atoms with van der Waals surface area (Å²) in [6.45, 7) is -0.204. The van der Waals surface area contributed by atoms with Gasteiger partial charge in [0.25, 0.3) is 5.69 Å². The number of aliphatic carboxylic acids is 1. The van der Waals surface area contributed by atoms with Gasteiger partial charge in [-0.05, 0) is 37.0 Å². The molecule has 2 aromatic rings. The van der Waals surface area contributed by atoms with E-state index in [1.165, 1.54) is 18.2 Å². The third-order valence-corrected chi connectivity index (χ3v) is 4.74. The van der Waals surface area contributed by atoms with Crippen molar-refractivity contribution in [3.05, 3.63) is 70.0 Å². The molecule has 1 aromatic carbocycles. The standard InChI is InChI=1S/C22H25N3O6/c26-20(15-24-21(27)10-2-1-7-18-8-3-4-11-23-18)13-17(14-22(28)29)16-6-5-9-19(12-16)25(30)31/h3-6,8-9,11-12,17H,1-2,7,10,13-15H2,(H,24,27)(H,28,29). The molecule has 0 spiro atoms. The lowest BCUT2D eigenvalue weighted by Crippen LogP contribution is -2.30. The number of unbranched alkanes of at least 4 members (excludes halogenated alkanes) is 1. The summed E-state index contributed by atoms with van der Waals surface area (Å²) in [5.41, 5.74) is 1.20. The fourth-order valence-corrected chi connectivity index (χ4v) is 3.18. The minimum absolute atomic E-state index is 0.132. The molecule has 1 unspecified atom stereocenters. The van der Waals surface area contributed by atoms with E-state index in [0.29, 0.717) is 12.0 Å². The second kappa shape index (κ2) is 12.2. The molecule has 1 atom stereocenters. The molecule has 0 bridgehead atoms. The molecular weight excluding hydrogens is 402 g/mol. The van der Waals surface area contributed by atoms with Crippen LogP contribution >= 0.6 is 0 Å². The SMILES string of the molecule is O=C(O)CC(CC(=O)CNC(=O)CCCCc1ccccn1)c1cccc([N+](=O)[O-])c1. The van der Waals surface area contributed by atoms with Crippen molar-refractivity contribution in [2.24, 2.45) is 0 Å². The number of ketones is 1. The number of non-ortho nitro benzene ring substituents is 1. The molecule has 0 saturated heterocycles. The highest BCUT2D eigenvalue weighted by molar-refractivity contribution is 5.87. The highest BCUT2D eigenvalue weighted by atomic mass is 16.6. The fraction of sp³-hybridized carbons (Fsp3) is 0.364. The van der Waals surface area contributed by atoms with Crippen LogP contribution in [0, 0.1) is 10.1 Å². The number of Topliss-reactive ketones (excluding diaryl/α,β-unsaturated/α-hetero) is 1. The molecule has 0 radical (unpaired) electrons. The van der Waals surface area contributed by atoms with Gasteiger partial charge in [0.2, 0.25) is 5.91 Å². The first-order valence-electron chi connectivity index (χ1n) is 9.99. The number of hydrogen-bond donors (Lipinski definition) is 2. The molecule has 0 aliphatic rings. The summed E-state index contributed by atoms with van der Waals surface area (Å²) >= 11 is 0. The first kappa shape index (κ1) is 23.7. The Labute approximate surface area is 179 Å². The Morgan fingerprint density at radius 1 is 1.10 bits per heavy atom. The zero-order valence-electron chi connectivity index (χ0n) is 17.0. The molecule has 1 heterocycles. The molecule has 0 aliphatic carbocycles. The number of aromatic nitrogens is 1. The lowest BCUT2D eigenvalue weighted by atomic mass is 9.90. The lowest BCUT2D eigenvalue weighted by Gasteiger charge is -2.15. The van der Waals surface area contributed by atoms with Crippen LogP contribution < -0.4 is 5.32 Å². The normalized spacial score (nSPS) is 11.5. The van der Waals surface area contributed by atoms with Crippen LogP contribution in [-0.4, -0.2) is 39.2 Å². The van der Waals surface area contributed by atoms with Gasteiger partial charge in [-0.15, -0.1) is 0 Å². The number of carboxylic acid groups (broad SMARTS) is 1. The van der Waals surface area contributed by atoms with E-state index in [4.69, 9.17) is 5.11 Å². The van der Waals surface area contributed by atoms with Crippen LogP contribution in [0.5, 0.6) is 0 Å². The highest BCUT2D eigenvalue weighted by Crippen LogP contribution is 2.27. The molecule has 2 N–H and O–H groups in total. The molecule has 9 heteroatoms. The van der Waals surface area contributed by atoms with Gasteiger partial charge in [-0.2, -0.15) is 0 Å². The van der Waals surface area contributed by atoms with Gasteiger partial charge in [-0.1, -0.05) is 18.2 Å². The number of amides is 1. The molecule has 9 nitrogen and oxygen atoms in total. The first-order chi connectivity index (χ1) is 14.8. The van der Waals surface area contributed by atoms with E-state index >= 15 is 0 Å². The van der Waals surface area contributed by atoms with Crippen molar-refractivity contribution in [2.75, 3.05) is 6.54 Å². The third kappa shape index (κ3) is 8.73. The van der Waals surface area contributed by atoms with Crippen molar-refractivity contribution >= 4 is 23.3 Å². The van der Waals surface area contributed by atoms with E-state index < -0.39 is 16.8 Å². The van der Waals surface area contributed by atoms with Crippen LogP contribution in [0.15, 0.2) is 48.7 Å². The number of nitrogens with one attached hydrogen (secondary N) is 1. The largest absolute Gasteiger partial charge is 0.481 e. The van der Waals surface area contributed by atoms with Gasteiger partial charge in [-0.3, -0.25) is 29.5 Å². The number of nitrogens with zero attached hydrogens (tertiary/aromatic N) is 2. The van der Waals surface area contributed by atoms with Crippen LogP contribution in [-0.2, 0) is 20.8 Å². The average molecular weight is 427 g/mol. The Morgan fingerprint density at radius 3 is 2.58 bits per heavy atom. The smallest absolute Gasteiger partial charge is 0.303 e. The maximum atomic E-state index is 12.3. The van der Waals surface area contributed by atoms with Gasteiger partial charge < -0.3 is 10.4 Å². The number of pyridine rings is 1. The minimum atomic E-state index is -1.11. The summed E-state index contributed by atoms with van der Waals surface area (Å²) in [4.78, 5) is 50.0. The Balaban J connectivity index is 1.79. The first-order valence-corrected chi connectivity index (χ1v) is 9.99. The van der Waals surface area contributed by atoms with Gasteiger partial charge in [0.1, 0.15) is 0 Å². The summed E-state index contributed by atoms with van der Waals surface area (Å²) in [7, 11) is 0. The van der Waals surface area contributed by atoms with E-state index in [-0.39, 0.29) is 43.2 Å². The highest BCUT2D eigenvalue weighted by Gasteiger charge is 2.21. The Kier molecular flexibility index (Phi) is 9.28. The molecule has 1 aromatic heterocycles. The van der Waals surface area contributed by atoms with E-state index in [1.807, 2.05) is 18.2 Å². The zero-order valence-corrected chi connectivity index (χ0v) is 17.0. The maximum Gasteiger partial charge on any atom is 0.303 e. The molecular formula is C22H25N3O6. The Bertz CT molecular complexity index is 916. The van der Waals surface area contributed by atoms with Crippen LogP contribution in [0.4, 0.5) is 5.69 Å². The number of carboxylic acids is 1. The molecule has 164 valence electrons. The fourth-order valence-electron chi connectivity index (χ4n) is 3.18. The Hall–Kier alpha value is -3.62. The number of hydrogen-bond acceptors (Lipinski definition) is 6. The lowest BCUT2D eigenvalue weighted by molar-refractivity contribution is -0.384. The predicted molar refractivity (Wildman–Crippen MR) is 113 cm³/mol. The van der Waals surface area contributed by atoms with Gasteiger partial charge in [0.15, 0.2) is 5.78 Å². The summed E-state index contributed by atoms with van der Waals surface area (Å²) in [5, 5.41) is 22.7. The topological polar surface area (TPSA) is 140 Å². The number of aryl methyl sites for hydroxylation is 1. The number of benzene rings is 1. The maximum absolute atomic E-state index is 12.3. The summed E-state index contributed by atoms with van der Waals surface area (Å²) in [5.74, 6) is -2.40. The molecule has 31 heavy (non-hydrogen) atoms. The average Bonchev–Trinajstić information content (AvgIpc) is 2.75. The number of nitro groups is 1. The second-order valence-corrected chi connectivity index (χ2v) is 7.19. The number of nitro benzene ring substituents is 1. The van der Waals surface area contributed by atoms with Crippen LogP contribution in [0.2, 0.25) is 0 Å². The quantitative estimate of drug-likeness (QED) is 0.284. The Morgan fingerprint density at radius 2 is 1.90 bits per heavy atom. The molecule has 2 rings (SSSR count). The van der Waals surface area contributed by atoms with Gasteiger partial charge in [-0.25, -0.2) is 0 Å². The van der Waals surface area contributed by atoms with Crippen LogP contribution in [0.3, 0.4) is 0 Å². The van der Waals surface area contributed by atoms with Crippen molar-refractivity contribution in [3.8, 4) is 0 Å². The number of carbonyl (C=O) groups is 3. The van der Waals surface area contributed by atoms with Crippen LogP contribution in [0.25, 0.3) is 0 Å². The summed E-state index contributed by atoms with van der Waals surface area (Å²) in [6, 6.07) is 11.3. The van der Waals surface area contributed by atoms with E-state index in [9.17, 15) is 24.5 Å². The van der Waals surface area contributed by atoms with E-state index in [2.05, 4.69) is 10.3 Å². The van der Waals surface area contributed by atoms with E-state index in [1.54, 1.807) is 12.3 Å². The summed E-state index contributed by atoms with van der Waals surface area (Å²) in [6.07, 6.45) is 3.76. The van der Waals surface area contributed by atoms with Crippen LogP contribution in [0.1, 0.15) is 49.3 Å². The van der Waals surface area contributed by atoms with Crippen molar-refractivity contribution in [1.29, 1.82) is 0 Å². The van der Waals surface area contributed by atoms with Gasteiger partial charge in [0.05, 0.1) is 17.9 Å². The molecule has 0 aliphatic heterocycles. The van der Waals surface area contributed by atoms with Crippen molar-refractivity contribution < 1.29 is 24.4 Å². The van der Waals surface area contributed by atoms with E-state index in [0.717, 1.165) is 18.5 Å². The van der Waals surface area contributed by atoms with Gasteiger partial charge in [0, 0.05) is 42.8 Å². The minimum Gasteiger partial charge on any atom is -0.481 e. The number of carbonyl (C=O) groups excluding carboxylic acids is 2. The monoisotopic (exact) mass is 427 g/mol. The van der Waals surface area contributed by atoms with Crippen molar-refractivity contribution in [1.82, 2.24) is 10.3 Å².